The first-order valence-electron chi connectivity index (χ1n) is 6.33. The number of hydrogen-bond donors (Lipinski definition) is 2. The van der Waals surface area contributed by atoms with Crippen molar-refractivity contribution in [3.8, 4) is 0 Å². The third-order valence-electron chi connectivity index (χ3n) is 3.16. The lowest BCUT2D eigenvalue weighted by molar-refractivity contribution is 0.281. The minimum absolute atomic E-state index is 0.0854. The van der Waals surface area contributed by atoms with Crippen LogP contribution in [0.5, 0.6) is 0 Å². The molecule has 0 spiro atoms. The molecule has 2 aromatic rings. The van der Waals surface area contributed by atoms with Crippen molar-refractivity contribution in [3.63, 3.8) is 0 Å². The monoisotopic (exact) mass is 323 g/mol. The summed E-state index contributed by atoms with van der Waals surface area (Å²) in [5, 5.41) is 14.6. The van der Waals surface area contributed by atoms with E-state index in [0.717, 1.165) is 10.5 Å². The molecule has 0 unspecified atom stereocenters. The lowest BCUT2D eigenvalue weighted by Gasteiger charge is -2.14. The van der Waals surface area contributed by atoms with Crippen LogP contribution in [-0.4, -0.2) is 19.8 Å². The summed E-state index contributed by atoms with van der Waals surface area (Å²) >= 11 is 1.44. The zero-order valence-electron chi connectivity index (χ0n) is 11.6. The molecule has 112 valence electrons. The number of benzene rings is 2. The molecule has 0 aromatic heterocycles. The number of hydrogen-bond acceptors (Lipinski definition) is 4. The Balaban J connectivity index is 2.61. The fraction of sp³-hybridized carbons (Fsp3) is 0.200. The molecular weight excluding hydrogens is 306 g/mol. The Labute approximate surface area is 129 Å². The summed E-state index contributed by atoms with van der Waals surface area (Å²) in [6, 6.07) is 12.9. The molecule has 0 atom stereocenters. The molecule has 4 nitrogen and oxygen atoms in total. The molecule has 0 saturated carbocycles. The van der Waals surface area contributed by atoms with Gasteiger partial charge in [0.1, 0.15) is 0 Å². The van der Waals surface area contributed by atoms with E-state index in [2.05, 4.69) is 0 Å². The quantitative estimate of drug-likeness (QED) is 0.826. The van der Waals surface area contributed by atoms with Gasteiger partial charge in [-0.1, -0.05) is 30.3 Å². The van der Waals surface area contributed by atoms with Gasteiger partial charge in [0.2, 0.25) is 10.0 Å². The molecule has 2 rings (SSSR count). The second kappa shape index (κ2) is 6.62. The summed E-state index contributed by atoms with van der Waals surface area (Å²) < 4.78 is 23.7. The van der Waals surface area contributed by atoms with E-state index >= 15 is 0 Å². The summed E-state index contributed by atoms with van der Waals surface area (Å²) in [5.74, 6) is 0. The molecule has 0 aliphatic heterocycles. The first kappa shape index (κ1) is 16.0. The van der Waals surface area contributed by atoms with E-state index in [1.54, 1.807) is 6.07 Å². The number of sulfonamides is 1. The van der Waals surface area contributed by atoms with Crippen LogP contribution in [0.4, 0.5) is 0 Å². The van der Waals surface area contributed by atoms with Crippen LogP contribution in [0.2, 0.25) is 0 Å². The summed E-state index contributed by atoms with van der Waals surface area (Å²) in [7, 11) is -3.84. The fourth-order valence-corrected chi connectivity index (χ4v) is 3.78. The van der Waals surface area contributed by atoms with Crippen LogP contribution < -0.4 is 5.14 Å². The van der Waals surface area contributed by atoms with E-state index in [-0.39, 0.29) is 11.5 Å². The Kier molecular flexibility index (Phi) is 5.05. The zero-order chi connectivity index (χ0) is 15.5. The predicted octanol–water partition coefficient (Wildman–Crippen LogP) is 2.14. The highest BCUT2D eigenvalue weighted by molar-refractivity contribution is 7.98. The van der Waals surface area contributed by atoms with E-state index in [1.807, 2.05) is 36.6 Å². The molecule has 0 aliphatic carbocycles. The largest absolute Gasteiger partial charge is 0.392 e. The first-order chi connectivity index (χ1) is 9.95. The van der Waals surface area contributed by atoms with Gasteiger partial charge in [-0.2, -0.15) is 0 Å². The minimum atomic E-state index is -3.84. The Morgan fingerprint density at radius 2 is 1.81 bits per heavy atom. The van der Waals surface area contributed by atoms with Gasteiger partial charge in [-0.05, 0) is 41.5 Å². The number of primary sulfonamides is 1. The number of nitrogens with two attached hydrogens (primary N) is 1. The van der Waals surface area contributed by atoms with Crippen molar-refractivity contribution >= 4 is 21.8 Å². The van der Waals surface area contributed by atoms with Gasteiger partial charge < -0.3 is 5.11 Å². The molecule has 0 fully saturated rings. The molecule has 0 amide bonds. The Morgan fingerprint density at radius 1 is 1.14 bits per heavy atom. The smallest absolute Gasteiger partial charge is 0.238 e. The van der Waals surface area contributed by atoms with Crippen LogP contribution in [0.1, 0.15) is 16.7 Å². The van der Waals surface area contributed by atoms with E-state index in [1.165, 1.54) is 17.8 Å². The van der Waals surface area contributed by atoms with Crippen LogP contribution in [0.3, 0.4) is 0 Å². The van der Waals surface area contributed by atoms with E-state index in [9.17, 15) is 13.5 Å². The maximum atomic E-state index is 11.9. The first-order valence-corrected chi connectivity index (χ1v) is 9.10. The Bertz CT molecular complexity index is 728. The van der Waals surface area contributed by atoms with Gasteiger partial charge in [0, 0.05) is 4.90 Å². The Morgan fingerprint density at radius 3 is 2.33 bits per heavy atom. The average Bonchev–Trinajstić information content (AvgIpc) is 2.47. The van der Waals surface area contributed by atoms with Crippen molar-refractivity contribution in [2.75, 3.05) is 6.26 Å². The highest BCUT2D eigenvalue weighted by Crippen LogP contribution is 2.30. The van der Waals surface area contributed by atoms with Crippen LogP contribution in [0.15, 0.2) is 52.3 Å². The summed E-state index contributed by atoms with van der Waals surface area (Å²) in [5.41, 5.74) is 2.23. The van der Waals surface area contributed by atoms with E-state index in [4.69, 9.17) is 5.14 Å². The zero-order valence-corrected chi connectivity index (χ0v) is 13.2. The van der Waals surface area contributed by atoms with Crippen molar-refractivity contribution in [2.45, 2.75) is 22.8 Å². The van der Waals surface area contributed by atoms with Crippen molar-refractivity contribution in [1.29, 1.82) is 0 Å². The second-order valence-corrected chi connectivity index (χ2v) is 7.02. The van der Waals surface area contributed by atoms with Gasteiger partial charge in [-0.25, -0.2) is 13.6 Å². The van der Waals surface area contributed by atoms with Gasteiger partial charge in [-0.15, -0.1) is 11.8 Å². The molecule has 0 radical (unpaired) electrons. The molecule has 0 bridgehead atoms. The summed E-state index contributed by atoms with van der Waals surface area (Å²) in [6.45, 7) is -0.221. The molecule has 3 N–H and O–H groups in total. The molecule has 0 saturated heterocycles. The van der Waals surface area contributed by atoms with Crippen LogP contribution in [-0.2, 0) is 23.1 Å². The highest BCUT2D eigenvalue weighted by Gasteiger charge is 2.19. The fourth-order valence-electron chi connectivity index (χ4n) is 2.18. The standard InChI is InChI=1S/C15H17NO3S2/c1-20-14-8-12(10-17)9-15(21(16,18)19)13(14)7-11-5-3-2-4-6-11/h2-6,8-9,17H,7,10H2,1H3,(H2,16,18,19). The summed E-state index contributed by atoms with van der Waals surface area (Å²) in [4.78, 5) is 0.900. The third-order valence-corrected chi connectivity index (χ3v) is 4.94. The molecule has 0 aliphatic rings. The molecule has 0 heterocycles. The van der Waals surface area contributed by atoms with Crippen molar-refractivity contribution in [1.82, 2.24) is 0 Å². The second-order valence-electron chi connectivity index (χ2n) is 4.64. The van der Waals surface area contributed by atoms with Crippen molar-refractivity contribution < 1.29 is 13.5 Å². The third kappa shape index (κ3) is 3.85. The predicted molar refractivity (Wildman–Crippen MR) is 84.8 cm³/mol. The van der Waals surface area contributed by atoms with Crippen molar-refractivity contribution in [2.24, 2.45) is 5.14 Å². The molecule has 21 heavy (non-hydrogen) atoms. The van der Waals surface area contributed by atoms with Gasteiger partial charge >= 0.3 is 0 Å². The maximum absolute atomic E-state index is 11.9. The number of rotatable bonds is 5. The minimum Gasteiger partial charge on any atom is -0.392 e. The van der Waals surface area contributed by atoms with Crippen LogP contribution >= 0.6 is 11.8 Å². The molecular formula is C15H17NO3S2. The number of aliphatic hydroxyl groups is 1. The lowest BCUT2D eigenvalue weighted by Crippen LogP contribution is -2.16. The lowest BCUT2D eigenvalue weighted by atomic mass is 10.0. The average molecular weight is 323 g/mol. The highest BCUT2D eigenvalue weighted by atomic mass is 32.2. The van der Waals surface area contributed by atoms with Gasteiger partial charge in [0.05, 0.1) is 11.5 Å². The van der Waals surface area contributed by atoms with Crippen LogP contribution in [0, 0.1) is 0 Å². The van der Waals surface area contributed by atoms with E-state index < -0.39 is 10.0 Å². The van der Waals surface area contributed by atoms with E-state index in [0.29, 0.717) is 17.5 Å². The normalized spacial score (nSPS) is 11.6. The topological polar surface area (TPSA) is 80.4 Å². The molecule has 6 heteroatoms. The van der Waals surface area contributed by atoms with Crippen molar-refractivity contribution in [3.05, 3.63) is 59.2 Å². The van der Waals surface area contributed by atoms with Crippen LogP contribution in [0.25, 0.3) is 0 Å². The van der Waals surface area contributed by atoms with Gasteiger partial charge in [0.15, 0.2) is 0 Å². The number of aliphatic hydroxyl groups excluding tert-OH is 1. The summed E-state index contributed by atoms with van der Waals surface area (Å²) in [6.07, 6.45) is 2.35. The van der Waals surface area contributed by atoms with Gasteiger partial charge in [0.25, 0.3) is 0 Å². The number of thioether (sulfide) groups is 1. The van der Waals surface area contributed by atoms with Gasteiger partial charge in [-0.3, -0.25) is 0 Å². The SMILES string of the molecule is CSc1cc(CO)cc(S(N)(=O)=O)c1Cc1ccccc1. The molecule has 2 aromatic carbocycles. The maximum Gasteiger partial charge on any atom is 0.238 e. The Hall–Kier alpha value is -1.34.